The van der Waals surface area contributed by atoms with Crippen molar-refractivity contribution < 1.29 is 27.6 Å². The molecule has 0 spiro atoms. The molecule has 0 bridgehead atoms. The highest BCUT2D eigenvalue weighted by Gasteiger charge is 2.24. The van der Waals surface area contributed by atoms with Crippen LogP contribution in [0.3, 0.4) is 0 Å². The number of nitrogens with one attached hydrogen (secondary N) is 1. The first-order valence-electron chi connectivity index (χ1n) is 12.4. The van der Waals surface area contributed by atoms with E-state index in [4.69, 9.17) is 9.57 Å². The Hall–Kier alpha value is -3.38. The first-order chi connectivity index (χ1) is 17.9. The summed E-state index contributed by atoms with van der Waals surface area (Å²) in [5.74, 6) is -0.00123. The summed E-state index contributed by atoms with van der Waals surface area (Å²) in [6.07, 6.45) is 8.19. The molecule has 0 atom stereocenters. The second-order valence-electron chi connectivity index (χ2n) is 9.00. The third-order valence-corrected chi connectivity index (χ3v) is 8.11. The number of carbonyl (C=O) groups is 2. The maximum Gasteiger partial charge on any atom is 0.279 e. The normalized spacial score (nSPS) is 16.8. The van der Waals surface area contributed by atoms with Gasteiger partial charge in [0.15, 0.2) is 27.2 Å². The lowest BCUT2D eigenvalue weighted by Gasteiger charge is -2.14. The van der Waals surface area contributed by atoms with Gasteiger partial charge in [0.05, 0.1) is 23.0 Å². The van der Waals surface area contributed by atoms with Gasteiger partial charge in [0.25, 0.3) is 5.91 Å². The molecule has 198 valence electrons. The van der Waals surface area contributed by atoms with Crippen LogP contribution in [-0.2, 0) is 29.0 Å². The first kappa shape index (κ1) is 26.7. The summed E-state index contributed by atoms with van der Waals surface area (Å²) in [6.45, 7) is 0.942. The van der Waals surface area contributed by atoms with E-state index in [-0.39, 0.29) is 34.2 Å². The lowest BCUT2D eigenvalue weighted by atomic mass is 10.1. The SMILES string of the molecule is COCCCS(=O)(=O)c1ccc(C(=NOC2CCCC2)C(=O)Nc2cnc(N3CCCC3=O)cn2)cc1. The van der Waals surface area contributed by atoms with E-state index in [0.717, 1.165) is 32.1 Å². The number of anilines is 2. The number of oxime groups is 1. The zero-order valence-corrected chi connectivity index (χ0v) is 21.6. The number of amides is 2. The van der Waals surface area contributed by atoms with Crippen LogP contribution in [0.25, 0.3) is 0 Å². The van der Waals surface area contributed by atoms with Crippen molar-refractivity contribution >= 4 is 39.0 Å². The summed E-state index contributed by atoms with van der Waals surface area (Å²) >= 11 is 0. The standard InChI is InChI=1S/C25H31N5O6S/c1-35-14-5-15-37(33,34)20-11-9-18(10-12-20)24(29-36-19-6-2-3-7-19)25(32)28-21-16-27-22(17-26-21)30-13-4-8-23(30)31/h9-12,16-17,19H,2-8,13-15H2,1H3,(H,26,28,32). The second kappa shape index (κ2) is 12.2. The Bertz CT molecular complexity index is 1230. The van der Waals surface area contributed by atoms with Crippen LogP contribution in [0.1, 0.15) is 50.5 Å². The van der Waals surface area contributed by atoms with Gasteiger partial charge in [-0.05, 0) is 50.7 Å². The molecule has 0 radical (unpaired) electrons. The highest BCUT2D eigenvalue weighted by molar-refractivity contribution is 7.91. The third-order valence-electron chi connectivity index (χ3n) is 6.29. The fourth-order valence-electron chi connectivity index (χ4n) is 4.27. The minimum Gasteiger partial charge on any atom is -0.392 e. The number of rotatable bonds is 11. The number of sulfone groups is 1. The summed E-state index contributed by atoms with van der Waals surface area (Å²) < 4.78 is 30.1. The Morgan fingerprint density at radius 2 is 1.89 bits per heavy atom. The number of aromatic nitrogens is 2. The van der Waals surface area contributed by atoms with Gasteiger partial charge in [0, 0.05) is 32.2 Å². The zero-order valence-electron chi connectivity index (χ0n) is 20.8. The van der Waals surface area contributed by atoms with Crippen molar-refractivity contribution in [2.75, 3.05) is 36.2 Å². The summed E-state index contributed by atoms with van der Waals surface area (Å²) in [6, 6.07) is 5.98. The monoisotopic (exact) mass is 529 g/mol. The van der Waals surface area contributed by atoms with E-state index in [1.807, 2.05) is 0 Å². The first-order valence-corrected chi connectivity index (χ1v) is 14.0. The Kier molecular flexibility index (Phi) is 8.82. The fourth-order valence-corrected chi connectivity index (χ4v) is 5.55. The van der Waals surface area contributed by atoms with E-state index in [2.05, 4.69) is 20.4 Å². The van der Waals surface area contributed by atoms with Gasteiger partial charge in [-0.2, -0.15) is 0 Å². The summed E-state index contributed by atoms with van der Waals surface area (Å²) in [4.78, 5) is 41.0. The van der Waals surface area contributed by atoms with Gasteiger partial charge in [-0.1, -0.05) is 17.3 Å². The number of ether oxygens (including phenoxy) is 1. The number of hydrogen-bond acceptors (Lipinski definition) is 9. The van der Waals surface area contributed by atoms with Crippen LogP contribution < -0.4 is 10.2 Å². The summed E-state index contributed by atoms with van der Waals surface area (Å²) in [7, 11) is -1.96. The van der Waals surface area contributed by atoms with Gasteiger partial charge in [0.1, 0.15) is 6.10 Å². The van der Waals surface area contributed by atoms with Crippen molar-refractivity contribution in [2.45, 2.75) is 55.9 Å². The molecule has 1 aromatic carbocycles. The van der Waals surface area contributed by atoms with Crippen molar-refractivity contribution in [2.24, 2.45) is 5.16 Å². The molecule has 4 rings (SSSR count). The molecule has 0 unspecified atom stereocenters. The number of benzene rings is 1. The average molecular weight is 530 g/mol. The van der Waals surface area contributed by atoms with Gasteiger partial charge < -0.3 is 14.9 Å². The van der Waals surface area contributed by atoms with Crippen molar-refractivity contribution in [1.29, 1.82) is 0 Å². The summed E-state index contributed by atoms with van der Waals surface area (Å²) in [5.41, 5.74) is 0.398. The number of hydrogen-bond donors (Lipinski definition) is 1. The number of methoxy groups -OCH3 is 1. The maximum absolute atomic E-state index is 13.2. The van der Waals surface area contributed by atoms with Crippen LogP contribution in [0.5, 0.6) is 0 Å². The molecule has 1 N–H and O–H groups in total. The molecular formula is C25H31N5O6S. The predicted octanol–water partition coefficient (Wildman–Crippen LogP) is 2.72. The van der Waals surface area contributed by atoms with Gasteiger partial charge in [0.2, 0.25) is 5.91 Å². The topological polar surface area (TPSA) is 140 Å². The quantitative estimate of drug-likeness (QED) is 0.266. The fraction of sp³-hybridized carbons (Fsp3) is 0.480. The highest BCUT2D eigenvalue weighted by Crippen LogP contribution is 2.22. The minimum absolute atomic E-state index is 0.00386. The Balaban J connectivity index is 1.51. The van der Waals surface area contributed by atoms with Crippen LogP contribution in [-0.4, -0.2) is 68.0 Å². The summed E-state index contributed by atoms with van der Waals surface area (Å²) in [5, 5.41) is 6.82. The molecule has 1 saturated heterocycles. The predicted molar refractivity (Wildman–Crippen MR) is 137 cm³/mol. The molecule has 1 saturated carbocycles. The lowest BCUT2D eigenvalue weighted by molar-refractivity contribution is -0.117. The van der Waals surface area contributed by atoms with Crippen LogP contribution >= 0.6 is 0 Å². The van der Waals surface area contributed by atoms with Crippen molar-refractivity contribution in [3.63, 3.8) is 0 Å². The Labute approximate surface area is 216 Å². The molecule has 11 nitrogen and oxygen atoms in total. The molecule has 1 aliphatic heterocycles. The van der Waals surface area contributed by atoms with Crippen LogP contribution in [0.4, 0.5) is 11.6 Å². The molecule has 2 heterocycles. The molecule has 2 fully saturated rings. The molecule has 12 heteroatoms. The molecule has 2 aromatic rings. The van der Waals surface area contributed by atoms with E-state index in [1.54, 1.807) is 4.90 Å². The average Bonchev–Trinajstić information content (AvgIpc) is 3.57. The molecule has 1 aliphatic carbocycles. The van der Waals surface area contributed by atoms with Gasteiger partial charge >= 0.3 is 0 Å². The second-order valence-corrected chi connectivity index (χ2v) is 11.1. The van der Waals surface area contributed by atoms with Crippen molar-refractivity contribution in [3.8, 4) is 0 Å². The molecule has 37 heavy (non-hydrogen) atoms. The van der Waals surface area contributed by atoms with Crippen LogP contribution in [0.2, 0.25) is 0 Å². The smallest absolute Gasteiger partial charge is 0.279 e. The lowest BCUT2D eigenvalue weighted by Crippen LogP contribution is -2.27. The molecule has 2 aliphatic rings. The maximum atomic E-state index is 13.2. The largest absolute Gasteiger partial charge is 0.392 e. The molecule has 2 amide bonds. The third kappa shape index (κ3) is 6.89. The molecular weight excluding hydrogens is 498 g/mol. The zero-order chi connectivity index (χ0) is 26.3. The van der Waals surface area contributed by atoms with Crippen LogP contribution in [0, 0.1) is 0 Å². The molecule has 1 aromatic heterocycles. The van der Waals surface area contributed by atoms with E-state index in [1.165, 1.54) is 43.8 Å². The van der Waals surface area contributed by atoms with E-state index >= 15 is 0 Å². The number of nitrogens with zero attached hydrogens (tertiary/aromatic N) is 4. The number of carbonyl (C=O) groups excluding carboxylic acids is 2. The van der Waals surface area contributed by atoms with Gasteiger partial charge in [-0.25, -0.2) is 18.4 Å². The Morgan fingerprint density at radius 3 is 2.51 bits per heavy atom. The van der Waals surface area contributed by atoms with Gasteiger partial charge in [-0.15, -0.1) is 0 Å². The van der Waals surface area contributed by atoms with Crippen molar-refractivity contribution in [3.05, 3.63) is 42.2 Å². The van der Waals surface area contributed by atoms with Crippen molar-refractivity contribution in [1.82, 2.24) is 9.97 Å². The van der Waals surface area contributed by atoms with E-state index in [0.29, 0.717) is 37.4 Å². The van der Waals surface area contributed by atoms with E-state index < -0.39 is 15.7 Å². The van der Waals surface area contributed by atoms with Crippen LogP contribution in [0.15, 0.2) is 46.7 Å². The minimum atomic E-state index is -3.48. The van der Waals surface area contributed by atoms with E-state index in [9.17, 15) is 18.0 Å². The van der Waals surface area contributed by atoms with Gasteiger partial charge in [-0.3, -0.25) is 14.5 Å². The highest BCUT2D eigenvalue weighted by atomic mass is 32.2. The Morgan fingerprint density at radius 1 is 1.14 bits per heavy atom.